The van der Waals surface area contributed by atoms with Crippen LogP contribution in [0.15, 0.2) is 29.8 Å². The Kier molecular flexibility index (Phi) is 3.38. The van der Waals surface area contributed by atoms with Crippen LogP contribution in [0.5, 0.6) is 0 Å². The third-order valence-electron chi connectivity index (χ3n) is 4.51. The Morgan fingerprint density at radius 3 is 3.23 bits per heavy atom. The molecule has 0 spiro atoms. The predicted molar refractivity (Wildman–Crippen MR) is 88.5 cm³/mol. The molecule has 0 aliphatic heterocycles. The van der Waals surface area contributed by atoms with Gasteiger partial charge in [-0.3, -0.25) is 0 Å². The third kappa shape index (κ3) is 2.20. The molecule has 4 rings (SSSR count). The lowest BCUT2D eigenvalue weighted by Crippen LogP contribution is -2.42. The van der Waals surface area contributed by atoms with Crippen LogP contribution in [0.1, 0.15) is 25.3 Å². The summed E-state index contributed by atoms with van der Waals surface area (Å²) in [6.45, 7) is 1.01. The Labute approximate surface area is 128 Å². The van der Waals surface area contributed by atoms with E-state index in [0.717, 1.165) is 42.4 Å². The average Bonchev–Trinajstić information content (AvgIpc) is 3.10. The topological polar surface area (TPSA) is 70.9 Å². The van der Waals surface area contributed by atoms with Crippen molar-refractivity contribution in [1.29, 1.82) is 0 Å². The van der Waals surface area contributed by atoms with Crippen molar-refractivity contribution >= 4 is 28.3 Å². The molecule has 3 aromatic rings. The van der Waals surface area contributed by atoms with Crippen molar-refractivity contribution < 1.29 is 0 Å². The van der Waals surface area contributed by atoms with E-state index in [2.05, 4.69) is 35.9 Å². The fourth-order valence-corrected chi connectivity index (χ4v) is 3.27. The van der Waals surface area contributed by atoms with Gasteiger partial charge >= 0.3 is 0 Å². The van der Waals surface area contributed by atoms with Gasteiger partial charge in [0.15, 0.2) is 0 Å². The Hall–Kier alpha value is -2.21. The fourth-order valence-electron chi connectivity index (χ4n) is 3.27. The number of aliphatic imine (C=N–C) groups is 1. The molecular weight excluding hydrogens is 276 g/mol. The molecule has 0 amide bonds. The standard InChI is InChI=1S/C16H20N6/c1-17-4-2-5-18-11-7-12(8-11)22-10-21-14-9-20-16-13(15(14)22)3-6-19-16/h3-4,6,9-12,18H,2,5,7-8H2,1H3,(H,19,20). The molecule has 1 saturated carbocycles. The first kappa shape index (κ1) is 13.5. The van der Waals surface area contributed by atoms with Gasteiger partial charge in [0.05, 0.1) is 18.0 Å². The molecule has 1 fully saturated rings. The maximum Gasteiger partial charge on any atom is 0.139 e. The smallest absolute Gasteiger partial charge is 0.139 e. The molecule has 2 N–H and O–H groups in total. The van der Waals surface area contributed by atoms with E-state index < -0.39 is 0 Å². The summed E-state index contributed by atoms with van der Waals surface area (Å²) in [6, 6.07) is 3.22. The lowest BCUT2D eigenvalue weighted by molar-refractivity contribution is 0.232. The number of nitrogens with zero attached hydrogens (tertiary/aromatic N) is 4. The van der Waals surface area contributed by atoms with Crippen molar-refractivity contribution in [3.8, 4) is 0 Å². The molecule has 6 nitrogen and oxygen atoms in total. The van der Waals surface area contributed by atoms with E-state index in [-0.39, 0.29) is 0 Å². The highest BCUT2D eigenvalue weighted by atomic mass is 15.1. The monoisotopic (exact) mass is 296 g/mol. The summed E-state index contributed by atoms with van der Waals surface area (Å²) in [6.07, 6.45) is 11.0. The van der Waals surface area contributed by atoms with Crippen LogP contribution in [0.2, 0.25) is 0 Å². The number of imidazole rings is 1. The molecule has 1 aliphatic carbocycles. The quantitative estimate of drug-likeness (QED) is 0.560. The highest BCUT2D eigenvalue weighted by molar-refractivity contribution is 6.00. The molecule has 22 heavy (non-hydrogen) atoms. The Morgan fingerprint density at radius 2 is 2.36 bits per heavy atom. The van der Waals surface area contributed by atoms with Gasteiger partial charge in [0.1, 0.15) is 11.2 Å². The summed E-state index contributed by atoms with van der Waals surface area (Å²) >= 11 is 0. The normalized spacial score (nSPS) is 21.9. The van der Waals surface area contributed by atoms with Crippen molar-refractivity contribution in [2.45, 2.75) is 31.3 Å². The van der Waals surface area contributed by atoms with E-state index in [9.17, 15) is 0 Å². The van der Waals surface area contributed by atoms with Crippen molar-refractivity contribution in [1.82, 2.24) is 24.8 Å². The minimum Gasteiger partial charge on any atom is -0.346 e. The largest absolute Gasteiger partial charge is 0.346 e. The maximum atomic E-state index is 4.51. The summed E-state index contributed by atoms with van der Waals surface area (Å²) in [5.74, 6) is 0. The summed E-state index contributed by atoms with van der Waals surface area (Å²) < 4.78 is 2.32. The number of aromatic amines is 1. The minimum atomic E-state index is 0.530. The zero-order valence-corrected chi connectivity index (χ0v) is 12.7. The van der Waals surface area contributed by atoms with Gasteiger partial charge in [-0.2, -0.15) is 0 Å². The number of pyridine rings is 1. The van der Waals surface area contributed by atoms with Crippen LogP contribution in [0.4, 0.5) is 0 Å². The van der Waals surface area contributed by atoms with E-state index in [1.807, 2.05) is 32.0 Å². The fraction of sp³-hybridized carbons (Fsp3) is 0.438. The van der Waals surface area contributed by atoms with Crippen molar-refractivity contribution in [3.05, 3.63) is 24.8 Å². The molecule has 0 saturated heterocycles. The number of H-pyrrole nitrogens is 1. The Balaban J connectivity index is 1.50. The van der Waals surface area contributed by atoms with Gasteiger partial charge in [-0.25, -0.2) is 9.97 Å². The second-order valence-electron chi connectivity index (χ2n) is 5.89. The number of hydrogen-bond acceptors (Lipinski definition) is 4. The number of nitrogens with one attached hydrogen (secondary N) is 2. The van der Waals surface area contributed by atoms with Crippen LogP contribution in [-0.4, -0.2) is 45.4 Å². The maximum absolute atomic E-state index is 4.51. The highest BCUT2D eigenvalue weighted by Gasteiger charge is 2.31. The SMILES string of the molecule is CN=CCCNC1CC(n2cnc3cnc4[nH]ccc4c32)C1. The van der Waals surface area contributed by atoms with E-state index in [4.69, 9.17) is 0 Å². The summed E-state index contributed by atoms with van der Waals surface area (Å²) in [5, 5.41) is 4.74. The van der Waals surface area contributed by atoms with Gasteiger partial charge in [-0.15, -0.1) is 0 Å². The molecule has 1 aliphatic rings. The van der Waals surface area contributed by atoms with Gasteiger partial charge in [0, 0.05) is 37.3 Å². The third-order valence-corrected chi connectivity index (χ3v) is 4.51. The second kappa shape index (κ2) is 5.53. The van der Waals surface area contributed by atoms with Crippen molar-refractivity contribution in [3.63, 3.8) is 0 Å². The van der Waals surface area contributed by atoms with Gasteiger partial charge in [0.2, 0.25) is 0 Å². The minimum absolute atomic E-state index is 0.530. The highest BCUT2D eigenvalue weighted by Crippen LogP contribution is 2.36. The molecule has 0 aromatic carbocycles. The molecular formula is C16H20N6. The van der Waals surface area contributed by atoms with Crippen LogP contribution in [-0.2, 0) is 0 Å². The van der Waals surface area contributed by atoms with Gasteiger partial charge in [0.25, 0.3) is 0 Å². The van der Waals surface area contributed by atoms with Crippen LogP contribution in [0, 0.1) is 0 Å². The lowest BCUT2D eigenvalue weighted by Gasteiger charge is -2.37. The average molecular weight is 296 g/mol. The van der Waals surface area contributed by atoms with Crippen molar-refractivity contribution in [2.75, 3.05) is 13.6 Å². The summed E-state index contributed by atoms with van der Waals surface area (Å²) in [7, 11) is 1.82. The Morgan fingerprint density at radius 1 is 1.45 bits per heavy atom. The molecule has 0 radical (unpaired) electrons. The van der Waals surface area contributed by atoms with E-state index >= 15 is 0 Å². The number of aromatic nitrogens is 4. The molecule has 3 aromatic heterocycles. The molecule has 0 atom stereocenters. The predicted octanol–water partition coefficient (Wildman–Crippen LogP) is 2.30. The first-order chi connectivity index (χ1) is 10.9. The van der Waals surface area contributed by atoms with E-state index in [1.165, 1.54) is 5.52 Å². The van der Waals surface area contributed by atoms with Crippen LogP contribution >= 0.6 is 0 Å². The molecule has 0 unspecified atom stereocenters. The van der Waals surface area contributed by atoms with E-state index in [1.54, 1.807) is 0 Å². The van der Waals surface area contributed by atoms with Gasteiger partial charge < -0.3 is 19.9 Å². The van der Waals surface area contributed by atoms with Gasteiger partial charge in [-0.05, 0) is 31.5 Å². The number of hydrogen-bond donors (Lipinski definition) is 2. The second-order valence-corrected chi connectivity index (χ2v) is 5.89. The van der Waals surface area contributed by atoms with Crippen LogP contribution in [0.3, 0.4) is 0 Å². The summed E-state index contributed by atoms with van der Waals surface area (Å²) in [5.41, 5.74) is 3.11. The number of fused-ring (bicyclic) bond motifs is 3. The molecule has 6 heteroatoms. The van der Waals surface area contributed by atoms with Crippen LogP contribution in [0.25, 0.3) is 22.1 Å². The zero-order chi connectivity index (χ0) is 14.9. The Bertz CT molecular complexity index is 808. The van der Waals surface area contributed by atoms with Gasteiger partial charge in [-0.1, -0.05) is 0 Å². The first-order valence-electron chi connectivity index (χ1n) is 7.79. The molecule has 114 valence electrons. The van der Waals surface area contributed by atoms with E-state index in [0.29, 0.717) is 12.1 Å². The van der Waals surface area contributed by atoms with Crippen molar-refractivity contribution in [2.24, 2.45) is 4.99 Å². The zero-order valence-electron chi connectivity index (χ0n) is 12.7. The lowest BCUT2D eigenvalue weighted by atomic mass is 9.86. The van der Waals surface area contributed by atoms with Crippen LogP contribution < -0.4 is 5.32 Å². The number of rotatable bonds is 5. The molecule has 3 heterocycles. The first-order valence-corrected chi connectivity index (χ1v) is 7.79. The summed E-state index contributed by atoms with van der Waals surface area (Å²) in [4.78, 5) is 16.1. The molecule has 0 bridgehead atoms.